The quantitative estimate of drug-likeness (QED) is 0.625. The second kappa shape index (κ2) is 7.86. The molecular weight excluding hydrogens is 234 g/mol. The van der Waals surface area contributed by atoms with Gasteiger partial charge in [0.25, 0.3) is 0 Å². The number of alkyl carbamates (subject to hydrolysis) is 1. The molecule has 0 rings (SSSR count). The zero-order chi connectivity index (χ0) is 12.6. The van der Waals surface area contributed by atoms with E-state index >= 15 is 0 Å². The van der Waals surface area contributed by atoms with Gasteiger partial charge in [-0.2, -0.15) is 0 Å². The monoisotopic (exact) mass is 249 g/mol. The molecule has 0 aliphatic rings. The van der Waals surface area contributed by atoms with E-state index in [1.807, 2.05) is 0 Å². The van der Waals surface area contributed by atoms with E-state index in [9.17, 15) is 13.8 Å². The molecule has 0 aromatic heterocycles. The Morgan fingerprint density at radius 1 is 1.62 bits per heavy atom. The minimum atomic E-state index is -1.18. The van der Waals surface area contributed by atoms with Crippen molar-refractivity contribution in [1.29, 1.82) is 0 Å². The molecule has 0 bridgehead atoms. The number of carboxylic acids is 1. The number of ether oxygens (including phenoxy) is 1. The number of carbonyl (C=O) groups is 2. The van der Waals surface area contributed by atoms with E-state index in [0.717, 1.165) is 0 Å². The molecule has 0 radical (unpaired) electrons. The van der Waals surface area contributed by atoms with E-state index in [2.05, 4.69) is 16.6 Å². The van der Waals surface area contributed by atoms with Crippen molar-refractivity contribution in [2.75, 3.05) is 18.6 Å². The fraction of sp³-hybridized carbons (Fsp3) is 0.556. The van der Waals surface area contributed by atoms with Crippen molar-refractivity contribution in [3.05, 3.63) is 12.7 Å². The van der Waals surface area contributed by atoms with Gasteiger partial charge in [-0.15, -0.1) is 0 Å². The van der Waals surface area contributed by atoms with Crippen molar-refractivity contribution in [2.45, 2.75) is 12.5 Å². The number of carboxylic acid groups (broad SMARTS) is 1. The maximum Gasteiger partial charge on any atom is 0.408 e. The molecule has 2 N–H and O–H groups in total. The van der Waals surface area contributed by atoms with Gasteiger partial charge in [0.05, 0.1) is 0 Å². The lowest BCUT2D eigenvalue weighted by Crippen LogP contribution is -2.41. The molecule has 0 aromatic rings. The van der Waals surface area contributed by atoms with Gasteiger partial charge in [-0.3, -0.25) is 4.21 Å². The zero-order valence-electron chi connectivity index (χ0n) is 8.97. The van der Waals surface area contributed by atoms with E-state index in [-0.39, 0.29) is 18.8 Å². The molecule has 0 saturated carbocycles. The largest absolute Gasteiger partial charge is 0.480 e. The number of hydrogen-bond donors (Lipinski definition) is 2. The summed E-state index contributed by atoms with van der Waals surface area (Å²) in [7, 11) is -1.09. The lowest BCUT2D eigenvalue weighted by atomic mass is 10.2. The summed E-state index contributed by atoms with van der Waals surface area (Å²) >= 11 is 0. The highest BCUT2D eigenvalue weighted by Gasteiger charge is 2.20. The SMILES string of the molecule is C=CCOC(=O)N[C@@H](CCS(C)=O)C(=O)O. The van der Waals surface area contributed by atoms with Crippen molar-refractivity contribution in [2.24, 2.45) is 0 Å². The number of amides is 1. The highest BCUT2D eigenvalue weighted by molar-refractivity contribution is 7.84. The molecule has 1 amide bonds. The first kappa shape index (κ1) is 14.6. The van der Waals surface area contributed by atoms with Crippen LogP contribution in [0.5, 0.6) is 0 Å². The zero-order valence-corrected chi connectivity index (χ0v) is 9.79. The minimum absolute atomic E-state index is 0.0118. The van der Waals surface area contributed by atoms with Gasteiger partial charge in [-0.05, 0) is 6.42 Å². The number of nitrogens with one attached hydrogen (secondary N) is 1. The third-order valence-electron chi connectivity index (χ3n) is 1.62. The molecule has 0 spiro atoms. The Bertz CT molecular complexity index is 292. The fourth-order valence-corrected chi connectivity index (χ4v) is 1.43. The predicted octanol–water partition coefficient (Wildman–Crippen LogP) is 0.120. The van der Waals surface area contributed by atoms with Crippen LogP contribution < -0.4 is 5.32 Å². The van der Waals surface area contributed by atoms with Crippen molar-refractivity contribution < 1.29 is 23.6 Å². The molecule has 1 unspecified atom stereocenters. The van der Waals surface area contributed by atoms with Gasteiger partial charge < -0.3 is 15.2 Å². The number of carbonyl (C=O) groups excluding carboxylic acids is 1. The fourth-order valence-electron chi connectivity index (χ4n) is 0.860. The van der Waals surface area contributed by atoms with E-state index in [4.69, 9.17) is 5.11 Å². The summed E-state index contributed by atoms with van der Waals surface area (Å²) in [5.74, 6) is -0.973. The Balaban J connectivity index is 4.11. The first-order chi connectivity index (χ1) is 7.47. The predicted molar refractivity (Wildman–Crippen MR) is 59.7 cm³/mol. The van der Waals surface area contributed by atoms with Gasteiger partial charge in [-0.1, -0.05) is 12.7 Å². The molecule has 16 heavy (non-hydrogen) atoms. The van der Waals surface area contributed by atoms with Gasteiger partial charge in [0, 0.05) is 22.8 Å². The summed E-state index contributed by atoms with van der Waals surface area (Å²) in [6.07, 6.45) is 2.11. The van der Waals surface area contributed by atoms with Crippen LogP contribution in [0.15, 0.2) is 12.7 Å². The Hall–Kier alpha value is -1.37. The van der Waals surface area contributed by atoms with Gasteiger partial charge in [-0.25, -0.2) is 9.59 Å². The van der Waals surface area contributed by atoms with Crippen LogP contribution in [0.3, 0.4) is 0 Å². The molecule has 0 aromatic carbocycles. The van der Waals surface area contributed by atoms with Gasteiger partial charge in [0.2, 0.25) is 0 Å². The van der Waals surface area contributed by atoms with Crippen LogP contribution in [-0.2, 0) is 20.3 Å². The molecule has 6 nitrogen and oxygen atoms in total. The summed E-state index contributed by atoms with van der Waals surface area (Å²) in [4.78, 5) is 21.8. The number of rotatable bonds is 7. The average molecular weight is 249 g/mol. The summed E-state index contributed by atoms with van der Waals surface area (Å²) in [5.41, 5.74) is 0. The first-order valence-corrected chi connectivity index (χ1v) is 6.27. The summed E-state index contributed by atoms with van der Waals surface area (Å²) in [6, 6.07) is -1.08. The standard InChI is InChI=1S/C9H15NO5S/c1-3-5-15-9(13)10-7(8(11)12)4-6-16(2)14/h3,7H,1,4-6H2,2H3,(H,10,13)(H,11,12)/t7-,16?/m0/s1. The Kier molecular flexibility index (Phi) is 7.19. The third kappa shape index (κ3) is 6.99. The van der Waals surface area contributed by atoms with Crippen LogP contribution >= 0.6 is 0 Å². The smallest absolute Gasteiger partial charge is 0.408 e. The Morgan fingerprint density at radius 3 is 2.69 bits per heavy atom. The highest BCUT2D eigenvalue weighted by Crippen LogP contribution is 1.95. The molecule has 7 heteroatoms. The normalized spacial score (nSPS) is 13.6. The van der Waals surface area contributed by atoms with Crippen LogP contribution in [0.25, 0.3) is 0 Å². The second-order valence-electron chi connectivity index (χ2n) is 2.99. The van der Waals surface area contributed by atoms with E-state index in [1.165, 1.54) is 12.3 Å². The van der Waals surface area contributed by atoms with Gasteiger partial charge >= 0.3 is 12.1 Å². The third-order valence-corrected chi connectivity index (χ3v) is 2.43. The topological polar surface area (TPSA) is 92.7 Å². The van der Waals surface area contributed by atoms with Gasteiger partial charge in [0.1, 0.15) is 12.6 Å². The van der Waals surface area contributed by atoms with E-state index < -0.39 is 28.9 Å². The van der Waals surface area contributed by atoms with Crippen LogP contribution in [0.4, 0.5) is 4.79 Å². The summed E-state index contributed by atoms with van der Waals surface area (Å²) in [6.45, 7) is 3.36. The van der Waals surface area contributed by atoms with Crippen molar-refractivity contribution in [3.63, 3.8) is 0 Å². The van der Waals surface area contributed by atoms with Crippen molar-refractivity contribution in [1.82, 2.24) is 5.32 Å². The molecule has 92 valence electrons. The molecule has 0 aliphatic heterocycles. The minimum Gasteiger partial charge on any atom is -0.480 e. The maximum absolute atomic E-state index is 11.0. The number of hydrogen-bond acceptors (Lipinski definition) is 4. The second-order valence-corrected chi connectivity index (χ2v) is 4.54. The van der Waals surface area contributed by atoms with Crippen molar-refractivity contribution >= 4 is 22.9 Å². The first-order valence-electron chi connectivity index (χ1n) is 4.54. The maximum atomic E-state index is 11.0. The van der Waals surface area contributed by atoms with Crippen LogP contribution in [-0.4, -0.2) is 46.0 Å². The lowest BCUT2D eigenvalue weighted by molar-refractivity contribution is -0.139. The Labute approximate surface area is 96.1 Å². The average Bonchev–Trinajstić information content (AvgIpc) is 2.20. The lowest BCUT2D eigenvalue weighted by Gasteiger charge is -2.13. The molecule has 0 heterocycles. The van der Waals surface area contributed by atoms with Crippen LogP contribution in [0.1, 0.15) is 6.42 Å². The Morgan fingerprint density at radius 2 is 2.25 bits per heavy atom. The molecule has 2 atom stereocenters. The molecule has 0 aliphatic carbocycles. The highest BCUT2D eigenvalue weighted by atomic mass is 32.2. The molecule has 0 fully saturated rings. The van der Waals surface area contributed by atoms with E-state index in [1.54, 1.807) is 0 Å². The molecule has 0 saturated heterocycles. The van der Waals surface area contributed by atoms with Gasteiger partial charge in [0.15, 0.2) is 0 Å². The van der Waals surface area contributed by atoms with Crippen molar-refractivity contribution in [3.8, 4) is 0 Å². The summed E-state index contributed by atoms with van der Waals surface area (Å²) in [5, 5.41) is 10.9. The number of aliphatic carboxylic acids is 1. The molecular formula is C9H15NO5S. The van der Waals surface area contributed by atoms with Crippen LogP contribution in [0.2, 0.25) is 0 Å². The van der Waals surface area contributed by atoms with Crippen LogP contribution in [0, 0.1) is 0 Å². The van der Waals surface area contributed by atoms with E-state index in [0.29, 0.717) is 0 Å². The summed E-state index contributed by atoms with van der Waals surface area (Å²) < 4.78 is 15.4.